The lowest BCUT2D eigenvalue weighted by molar-refractivity contribution is 0.0693. The molecule has 0 unspecified atom stereocenters. The third-order valence-electron chi connectivity index (χ3n) is 5.86. The van der Waals surface area contributed by atoms with Gasteiger partial charge in [-0.05, 0) is 34.9 Å². The van der Waals surface area contributed by atoms with Gasteiger partial charge in [0.25, 0.3) is 0 Å². The lowest BCUT2D eigenvalue weighted by Crippen LogP contribution is -2.32. The zero-order valence-electron chi connectivity index (χ0n) is 16.8. The van der Waals surface area contributed by atoms with E-state index in [4.69, 9.17) is 4.42 Å². The Morgan fingerprint density at radius 2 is 2.10 bits per heavy atom. The molecule has 0 radical (unpaired) electrons. The molecule has 0 saturated heterocycles. The third-order valence-corrected chi connectivity index (χ3v) is 6.83. The topological polar surface area (TPSA) is 85.3 Å². The molecule has 4 aromatic rings. The van der Waals surface area contributed by atoms with E-state index >= 15 is 0 Å². The predicted octanol–water partition coefficient (Wildman–Crippen LogP) is 5.23. The van der Waals surface area contributed by atoms with Gasteiger partial charge in [-0.25, -0.2) is 9.78 Å². The Balaban J connectivity index is 1.88. The molecule has 5 rings (SSSR count). The van der Waals surface area contributed by atoms with Crippen LogP contribution in [0, 0.1) is 5.41 Å². The van der Waals surface area contributed by atoms with E-state index in [0.717, 1.165) is 33.3 Å². The summed E-state index contributed by atoms with van der Waals surface area (Å²) >= 11 is 1.67. The van der Waals surface area contributed by atoms with Crippen molar-refractivity contribution in [3.63, 3.8) is 0 Å². The lowest BCUT2D eigenvalue weighted by Gasteiger charge is -2.39. The van der Waals surface area contributed by atoms with Crippen molar-refractivity contribution in [1.82, 2.24) is 9.55 Å². The first-order valence-electron chi connectivity index (χ1n) is 9.67. The normalized spacial score (nSPS) is 15.8. The van der Waals surface area contributed by atoms with Crippen LogP contribution < -0.4 is 5.43 Å². The molecule has 1 aliphatic rings. The summed E-state index contributed by atoms with van der Waals surface area (Å²) in [5.74, 6) is -0.542. The summed E-state index contributed by atoms with van der Waals surface area (Å²) in [6.07, 6.45) is 5.34. The van der Waals surface area contributed by atoms with E-state index in [1.807, 2.05) is 10.6 Å². The molecule has 4 heterocycles. The first-order valence-corrected chi connectivity index (χ1v) is 10.6. The Labute approximate surface area is 176 Å². The number of carbonyl (C=O) groups is 1. The van der Waals surface area contributed by atoms with Crippen LogP contribution in [-0.4, -0.2) is 20.6 Å². The monoisotopic (exact) mass is 420 g/mol. The second kappa shape index (κ2) is 6.40. The number of carboxylic acid groups (broad SMARTS) is 1. The number of benzene rings is 1. The van der Waals surface area contributed by atoms with Crippen molar-refractivity contribution < 1.29 is 14.3 Å². The molecule has 0 saturated carbocycles. The summed E-state index contributed by atoms with van der Waals surface area (Å²) in [5.41, 5.74) is 2.95. The number of fused-ring (bicyclic) bond motifs is 5. The van der Waals surface area contributed by atoms with Crippen LogP contribution in [0.2, 0.25) is 0 Å². The zero-order valence-corrected chi connectivity index (χ0v) is 17.6. The van der Waals surface area contributed by atoms with E-state index in [0.29, 0.717) is 5.76 Å². The number of rotatable bonds is 2. The fourth-order valence-electron chi connectivity index (χ4n) is 4.37. The van der Waals surface area contributed by atoms with Gasteiger partial charge in [0, 0.05) is 39.5 Å². The molecule has 3 aromatic heterocycles. The van der Waals surface area contributed by atoms with E-state index in [1.165, 1.54) is 24.2 Å². The molecular formula is C23H20N2O4S. The minimum atomic E-state index is -1.20. The van der Waals surface area contributed by atoms with Crippen LogP contribution in [0.15, 0.2) is 51.6 Å². The van der Waals surface area contributed by atoms with Gasteiger partial charge in [0.15, 0.2) is 17.6 Å². The van der Waals surface area contributed by atoms with Gasteiger partial charge in [-0.3, -0.25) is 4.79 Å². The molecule has 0 fully saturated rings. The Bertz CT molecular complexity index is 1360. The van der Waals surface area contributed by atoms with Crippen molar-refractivity contribution in [3.8, 4) is 22.6 Å². The lowest BCUT2D eigenvalue weighted by atomic mass is 9.78. The van der Waals surface area contributed by atoms with E-state index in [2.05, 4.69) is 37.2 Å². The Morgan fingerprint density at radius 3 is 2.77 bits per heavy atom. The largest absolute Gasteiger partial charge is 0.477 e. The number of aromatic nitrogens is 2. The smallest absolute Gasteiger partial charge is 0.341 e. The molecule has 6 nitrogen and oxygen atoms in total. The van der Waals surface area contributed by atoms with Crippen molar-refractivity contribution >= 4 is 27.4 Å². The van der Waals surface area contributed by atoms with Crippen LogP contribution in [0.25, 0.3) is 32.7 Å². The molecule has 152 valence electrons. The summed E-state index contributed by atoms with van der Waals surface area (Å²) in [5, 5.41) is 12.7. The number of pyridine rings is 1. The van der Waals surface area contributed by atoms with Crippen LogP contribution in [0.1, 0.15) is 42.7 Å². The highest BCUT2D eigenvalue weighted by Gasteiger charge is 2.35. The molecule has 1 aromatic carbocycles. The first-order chi connectivity index (χ1) is 14.3. The molecule has 0 bridgehead atoms. The van der Waals surface area contributed by atoms with Gasteiger partial charge >= 0.3 is 5.97 Å². The highest BCUT2D eigenvalue weighted by Crippen LogP contribution is 2.48. The van der Waals surface area contributed by atoms with Gasteiger partial charge in [0.1, 0.15) is 5.56 Å². The van der Waals surface area contributed by atoms with E-state index in [9.17, 15) is 14.7 Å². The summed E-state index contributed by atoms with van der Waals surface area (Å²) in [7, 11) is 0. The summed E-state index contributed by atoms with van der Waals surface area (Å²) in [6, 6.07) is 5.60. The SMILES string of the molecule is CC(C)(C)[C@@H]1Cc2c(cc(-c3cnco3)c3ccsc23)-c2cc(=O)c(C(=O)O)cn21. The summed E-state index contributed by atoms with van der Waals surface area (Å²) < 4.78 is 8.70. The number of oxazole rings is 1. The number of hydrogen-bond donors (Lipinski definition) is 1. The first kappa shape index (κ1) is 18.8. The minimum Gasteiger partial charge on any atom is -0.477 e. The maximum absolute atomic E-state index is 12.6. The highest BCUT2D eigenvalue weighted by atomic mass is 32.1. The number of aromatic carboxylic acids is 1. The summed E-state index contributed by atoms with van der Waals surface area (Å²) in [4.78, 5) is 28.3. The van der Waals surface area contributed by atoms with Crippen LogP contribution in [0.3, 0.4) is 0 Å². The van der Waals surface area contributed by atoms with Gasteiger partial charge in [0.05, 0.1) is 11.9 Å². The fourth-order valence-corrected chi connectivity index (χ4v) is 5.35. The average Bonchev–Trinajstić information content (AvgIpc) is 3.37. The van der Waals surface area contributed by atoms with Crippen LogP contribution in [0.4, 0.5) is 0 Å². The van der Waals surface area contributed by atoms with Gasteiger partial charge in [-0.2, -0.15) is 0 Å². The fraction of sp³-hybridized carbons (Fsp3) is 0.261. The van der Waals surface area contributed by atoms with Crippen molar-refractivity contribution in [2.24, 2.45) is 5.41 Å². The second-order valence-corrected chi connectivity index (χ2v) is 9.63. The van der Waals surface area contributed by atoms with Gasteiger partial charge in [0.2, 0.25) is 0 Å². The predicted molar refractivity (Wildman–Crippen MR) is 116 cm³/mol. The van der Waals surface area contributed by atoms with Crippen LogP contribution in [0.5, 0.6) is 0 Å². The van der Waals surface area contributed by atoms with Crippen molar-refractivity contribution in [1.29, 1.82) is 0 Å². The van der Waals surface area contributed by atoms with E-state index in [-0.39, 0.29) is 17.0 Å². The van der Waals surface area contributed by atoms with Crippen LogP contribution >= 0.6 is 11.3 Å². The zero-order chi connectivity index (χ0) is 21.2. The van der Waals surface area contributed by atoms with Crippen LogP contribution in [-0.2, 0) is 6.42 Å². The van der Waals surface area contributed by atoms with E-state index < -0.39 is 11.4 Å². The van der Waals surface area contributed by atoms with Crippen molar-refractivity contribution in [2.75, 3.05) is 0 Å². The molecule has 1 aliphatic heterocycles. The quantitative estimate of drug-likeness (QED) is 0.480. The third kappa shape index (κ3) is 2.73. The van der Waals surface area contributed by atoms with Crippen molar-refractivity contribution in [3.05, 3.63) is 63.7 Å². The number of nitrogens with zero attached hydrogens (tertiary/aromatic N) is 2. The molecule has 1 N–H and O–H groups in total. The molecule has 7 heteroatoms. The molecule has 0 spiro atoms. The highest BCUT2D eigenvalue weighted by molar-refractivity contribution is 7.17. The maximum Gasteiger partial charge on any atom is 0.341 e. The second-order valence-electron chi connectivity index (χ2n) is 8.71. The number of hydrogen-bond acceptors (Lipinski definition) is 5. The van der Waals surface area contributed by atoms with Crippen molar-refractivity contribution in [2.45, 2.75) is 33.2 Å². The molecule has 0 aliphatic carbocycles. The Hall–Kier alpha value is -3.19. The Morgan fingerprint density at radius 1 is 1.30 bits per heavy atom. The molecule has 30 heavy (non-hydrogen) atoms. The molecule has 1 atom stereocenters. The molecular weight excluding hydrogens is 400 g/mol. The average molecular weight is 420 g/mol. The molecule has 0 amide bonds. The van der Waals surface area contributed by atoms with Gasteiger partial charge in [-0.15, -0.1) is 11.3 Å². The number of carboxylic acids is 1. The van der Waals surface area contributed by atoms with Gasteiger partial charge in [-0.1, -0.05) is 20.8 Å². The summed E-state index contributed by atoms with van der Waals surface area (Å²) in [6.45, 7) is 6.42. The van der Waals surface area contributed by atoms with E-state index in [1.54, 1.807) is 17.5 Å². The minimum absolute atomic E-state index is 0.0140. The number of thiophene rings is 1. The standard InChI is InChI=1S/C23H20N2O4S/c1-23(2,3)20-7-15-13(17-8-18(26)16(22(27)28)10-25(17)20)6-14(19-9-24-11-29-19)12-4-5-30-21(12)15/h4-6,8-11,20H,7H2,1-3H3,(H,27,28)/t20-/m0/s1. The van der Waals surface area contributed by atoms with Gasteiger partial charge < -0.3 is 14.1 Å². The Kier molecular flexibility index (Phi) is 4.02. The maximum atomic E-state index is 12.6.